The fourth-order valence-electron chi connectivity index (χ4n) is 5.95. The van der Waals surface area contributed by atoms with E-state index in [2.05, 4.69) is 17.7 Å². The van der Waals surface area contributed by atoms with E-state index in [1.807, 2.05) is 6.07 Å². The summed E-state index contributed by atoms with van der Waals surface area (Å²) in [6.07, 6.45) is 5.87. The Hall–Kier alpha value is -1.40. The minimum absolute atomic E-state index is 0.106. The minimum Gasteiger partial charge on any atom is -0.371 e. The van der Waals surface area contributed by atoms with Crippen LogP contribution >= 0.6 is 0 Å². The molecule has 4 atom stereocenters. The summed E-state index contributed by atoms with van der Waals surface area (Å²) >= 11 is 0. The highest BCUT2D eigenvalue weighted by Crippen LogP contribution is 2.59. The van der Waals surface area contributed by atoms with Gasteiger partial charge in [-0.05, 0) is 67.1 Å². The molecule has 1 aliphatic heterocycles. The van der Waals surface area contributed by atoms with Gasteiger partial charge >= 0.3 is 10.3 Å². The quantitative estimate of drug-likeness (QED) is 0.771. The predicted octanol–water partition coefficient (Wildman–Crippen LogP) is 2.84. The molecule has 0 spiro atoms. The zero-order chi connectivity index (χ0) is 17.4. The van der Waals surface area contributed by atoms with Gasteiger partial charge in [0.05, 0.1) is 0 Å². The lowest BCUT2D eigenvalue weighted by molar-refractivity contribution is -0.129. The van der Waals surface area contributed by atoms with E-state index in [-0.39, 0.29) is 5.41 Å². The van der Waals surface area contributed by atoms with Crippen molar-refractivity contribution in [1.29, 1.82) is 0 Å². The van der Waals surface area contributed by atoms with E-state index in [0.717, 1.165) is 44.1 Å². The maximum atomic E-state index is 12.4. The van der Waals surface area contributed by atoms with Crippen LogP contribution in [-0.2, 0) is 28.1 Å². The molecule has 6 heteroatoms. The van der Waals surface area contributed by atoms with E-state index in [9.17, 15) is 13.2 Å². The van der Waals surface area contributed by atoms with Gasteiger partial charge in [0.25, 0.3) is 0 Å². The molecule has 0 bridgehead atoms. The van der Waals surface area contributed by atoms with E-state index < -0.39 is 10.3 Å². The van der Waals surface area contributed by atoms with Crippen LogP contribution in [0.3, 0.4) is 0 Å². The summed E-state index contributed by atoms with van der Waals surface area (Å²) in [6.45, 7) is 2.48. The van der Waals surface area contributed by atoms with E-state index in [4.69, 9.17) is 4.18 Å². The molecule has 1 N–H and O–H groups in total. The van der Waals surface area contributed by atoms with Crippen molar-refractivity contribution in [1.82, 2.24) is 4.72 Å². The van der Waals surface area contributed by atoms with Crippen molar-refractivity contribution in [3.8, 4) is 5.75 Å². The van der Waals surface area contributed by atoms with Crippen LogP contribution in [0, 0.1) is 17.3 Å². The maximum absolute atomic E-state index is 12.4. The molecule has 0 unspecified atom stereocenters. The average molecular weight is 361 g/mol. The second-order valence-electron chi connectivity index (χ2n) is 8.35. The van der Waals surface area contributed by atoms with Crippen molar-refractivity contribution in [3.63, 3.8) is 0 Å². The number of carbonyl (C=O) groups excluding carboxylic acids is 1. The smallest absolute Gasteiger partial charge is 0.371 e. The molecular formula is C19H23NO4S. The summed E-state index contributed by atoms with van der Waals surface area (Å²) < 4.78 is 30.9. The second kappa shape index (κ2) is 5.07. The van der Waals surface area contributed by atoms with Crippen LogP contribution in [-0.4, -0.2) is 14.2 Å². The number of benzene rings is 1. The van der Waals surface area contributed by atoms with Crippen molar-refractivity contribution in [2.75, 3.05) is 0 Å². The molecular weight excluding hydrogens is 338 g/mol. The molecule has 0 amide bonds. The summed E-state index contributed by atoms with van der Waals surface area (Å²) in [5.74, 6) is 2.54. The van der Waals surface area contributed by atoms with Gasteiger partial charge in [0.1, 0.15) is 11.5 Å². The van der Waals surface area contributed by atoms with Gasteiger partial charge in [0, 0.05) is 23.9 Å². The third kappa shape index (κ3) is 2.23. The highest BCUT2D eigenvalue weighted by atomic mass is 32.2. The number of carbonyl (C=O) groups is 1. The van der Waals surface area contributed by atoms with E-state index >= 15 is 0 Å². The van der Waals surface area contributed by atoms with Gasteiger partial charge in [0.15, 0.2) is 0 Å². The third-order valence-corrected chi connectivity index (χ3v) is 8.15. The lowest BCUT2D eigenvalue weighted by Crippen LogP contribution is -2.42. The minimum atomic E-state index is -3.66. The largest absolute Gasteiger partial charge is 0.382 e. The molecule has 1 aromatic rings. The van der Waals surface area contributed by atoms with Gasteiger partial charge in [-0.3, -0.25) is 4.79 Å². The molecule has 0 saturated heterocycles. The molecule has 4 aliphatic rings. The van der Waals surface area contributed by atoms with Gasteiger partial charge in [-0.15, -0.1) is 0 Å². The van der Waals surface area contributed by atoms with Crippen molar-refractivity contribution in [2.24, 2.45) is 17.3 Å². The number of hydrogen-bond acceptors (Lipinski definition) is 4. The van der Waals surface area contributed by atoms with E-state index in [1.54, 1.807) is 0 Å². The Kier molecular flexibility index (Phi) is 3.21. The van der Waals surface area contributed by atoms with Gasteiger partial charge in [-0.2, -0.15) is 13.1 Å². The molecule has 1 aromatic carbocycles. The number of fused-ring (bicyclic) bond motifs is 6. The van der Waals surface area contributed by atoms with Crippen molar-refractivity contribution < 1.29 is 17.4 Å². The number of hydrogen-bond donors (Lipinski definition) is 1. The fraction of sp³-hybridized carbons (Fsp3) is 0.632. The fourth-order valence-corrected chi connectivity index (χ4v) is 6.73. The second-order valence-corrected chi connectivity index (χ2v) is 9.71. The third-order valence-electron chi connectivity index (χ3n) is 7.25. The Balaban J connectivity index is 1.54. The van der Waals surface area contributed by atoms with Crippen molar-refractivity contribution >= 4 is 16.1 Å². The average Bonchev–Trinajstić information content (AvgIpc) is 2.87. The van der Waals surface area contributed by atoms with Gasteiger partial charge < -0.3 is 4.18 Å². The number of aryl methyl sites for hydroxylation is 1. The Bertz CT molecular complexity index is 878. The van der Waals surface area contributed by atoms with Gasteiger partial charge in [-0.1, -0.05) is 13.0 Å². The Morgan fingerprint density at radius 2 is 2.00 bits per heavy atom. The standard InChI is InChI=1S/C19H23NO4S/c1-19-7-6-13-14(16(19)4-5-18(19)21)3-2-11-9-17-12(8-15(11)13)10-20-25(22,23)24-17/h8-9,13-14,16,20H,2-7,10H2,1H3/t13-,14+,16-,19-/m0/s1. The normalized spacial score (nSPS) is 38.1. The van der Waals surface area contributed by atoms with Crippen LogP contribution < -0.4 is 8.91 Å². The van der Waals surface area contributed by atoms with Gasteiger partial charge in [-0.25, -0.2) is 0 Å². The number of rotatable bonds is 0. The van der Waals surface area contributed by atoms with Gasteiger partial charge in [0.2, 0.25) is 0 Å². The van der Waals surface area contributed by atoms with E-state index in [0.29, 0.717) is 35.8 Å². The van der Waals surface area contributed by atoms with Crippen molar-refractivity contribution in [3.05, 3.63) is 28.8 Å². The molecule has 5 rings (SSSR count). The molecule has 134 valence electrons. The summed E-state index contributed by atoms with van der Waals surface area (Å²) in [6, 6.07) is 4.09. The molecule has 3 aliphatic carbocycles. The summed E-state index contributed by atoms with van der Waals surface area (Å²) in [5.41, 5.74) is 3.40. The zero-order valence-electron chi connectivity index (χ0n) is 14.4. The molecule has 2 fully saturated rings. The van der Waals surface area contributed by atoms with Crippen molar-refractivity contribution in [2.45, 2.75) is 57.9 Å². The first-order valence-corrected chi connectivity index (χ1v) is 10.7. The number of nitrogens with one attached hydrogen (secondary N) is 1. The maximum Gasteiger partial charge on any atom is 0.382 e. The Morgan fingerprint density at radius 1 is 1.16 bits per heavy atom. The zero-order valence-corrected chi connectivity index (χ0v) is 15.2. The van der Waals surface area contributed by atoms with Crippen LogP contribution in [0.5, 0.6) is 5.75 Å². The lowest BCUT2D eigenvalue weighted by atomic mass is 9.55. The molecule has 5 nitrogen and oxygen atoms in total. The van der Waals surface area contributed by atoms with Crippen LogP contribution in [0.25, 0.3) is 0 Å². The summed E-state index contributed by atoms with van der Waals surface area (Å²) in [5, 5.41) is 0. The highest BCUT2D eigenvalue weighted by molar-refractivity contribution is 7.85. The SMILES string of the molecule is C[C@]12CC[C@@H]3c4cc5c(cc4CC[C@H]3[C@@H]1CCC2=O)OS(=O)(=O)NC5. The summed E-state index contributed by atoms with van der Waals surface area (Å²) in [7, 11) is -3.66. The summed E-state index contributed by atoms with van der Waals surface area (Å²) in [4.78, 5) is 12.4. The first kappa shape index (κ1) is 15.8. The number of ketones is 1. The van der Waals surface area contributed by atoms with Crippen LogP contribution in [0.1, 0.15) is 61.6 Å². The van der Waals surface area contributed by atoms with Crippen LogP contribution in [0.2, 0.25) is 0 Å². The molecule has 1 heterocycles. The topological polar surface area (TPSA) is 72.5 Å². The molecule has 25 heavy (non-hydrogen) atoms. The Labute approximate surface area is 148 Å². The predicted molar refractivity (Wildman–Crippen MR) is 92.5 cm³/mol. The number of Topliss-reactive ketones (excluding diaryl/α,β-unsaturated/α-hetero) is 1. The lowest BCUT2D eigenvalue weighted by Gasteiger charge is -2.48. The molecule has 0 radical (unpaired) electrons. The van der Waals surface area contributed by atoms with Crippen LogP contribution in [0.4, 0.5) is 0 Å². The first-order chi connectivity index (χ1) is 11.9. The van der Waals surface area contributed by atoms with E-state index in [1.165, 1.54) is 11.1 Å². The first-order valence-electron chi connectivity index (χ1n) is 9.25. The molecule has 2 saturated carbocycles. The van der Waals surface area contributed by atoms with Crippen LogP contribution in [0.15, 0.2) is 12.1 Å². The molecule has 0 aromatic heterocycles. The Morgan fingerprint density at radius 3 is 2.84 bits per heavy atom. The monoisotopic (exact) mass is 361 g/mol. The highest BCUT2D eigenvalue weighted by Gasteiger charge is 2.54.